The van der Waals surface area contributed by atoms with Gasteiger partial charge in [-0.3, -0.25) is 10.1 Å². The predicted octanol–water partition coefficient (Wildman–Crippen LogP) is 4.66. The standard InChI is InChI=1S/C20H17N3O4/c1-3-27-19-16(23(24)25)10-13(11-17(19)26-2)20-21-14-8-4-6-12-7-5-9-15(22-20)18(12)14/h4-11H,3H2,1-2H3,(H,21,22). The molecule has 1 heterocycles. The Kier molecular flexibility index (Phi) is 4.12. The molecule has 3 aromatic rings. The van der Waals surface area contributed by atoms with Crippen molar-refractivity contribution >= 4 is 33.7 Å². The zero-order chi connectivity index (χ0) is 19.0. The second kappa shape index (κ2) is 6.60. The largest absolute Gasteiger partial charge is 0.493 e. The highest BCUT2D eigenvalue weighted by Gasteiger charge is 2.25. The summed E-state index contributed by atoms with van der Waals surface area (Å²) in [4.78, 5) is 15.8. The van der Waals surface area contributed by atoms with E-state index in [0.29, 0.717) is 23.8 Å². The Morgan fingerprint density at radius 1 is 1.19 bits per heavy atom. The van der Waals surface area contributed by atoms with Gasteiger partial charge in [0, 0.05) is 22.7 Å². The van der Waals surface area contributed by atoms with Crippen LogP contribution in [-0.2, 0) is 0 Å². The molecule has 0 spiro atoms. The number of nitrogens with one attached hydrogen (secondary N) is 1. The van der Waals surface area contributed by atoms with E-state index < -0.39 is 4.92 Å². The number of ether oxygens (including phenoxy) is 2. The van der Waals surface area contributed by atoms with Gasteiger partial charge in [0.2, 0.25) is 5.75 Å². The average Bonchev–Trinajstić information content (AvgIpc) is 2.68. The maximum absolute atomic E-state index is 11.6. The first kappa shape index (κ1) is 16.8. The number of benzene rings is 3. The molecule has 4 rings (SSSR count). The van der Waals surface area contributed by atoms with Crippen molar-refractivity contribution < 1.29 is 14.4 Å². The van der Waals surface area contributed by atoms with Crippen LogP contribution in [0.4, 0.5) is 17.1 Å². The van der Waals surface area contributed by atoms with Crippen molar-refractivity contribution in [1.82, 2.24) is 0 Å². The van der Waals surface area contributed by atoms with Crippen LogP contribution in [0, 0.1) is 10.1 Å². The van der Waals surface area contributed by atoms with Crippen LogP contribution in [0.15, 0.2) is 53.5 Å². The van der Waals surface area contributed by atoms with Gasteiger partial charge in [0.05, 0.1) is 24.3 Å². The SMILES string of the molecule is CCOc1c(OC)cc(C2=Nc3cccc4cccc(c34)N2)cc1[N+](=O)[O-]. The number of hydrogen-bond donors (Lipinski definition) is 1. The Labute approximate surface area is 155 Å². The van der Waals surface area contributed by atoms with E-state index in [2.05, 4.69) is 10.3 Å². The van der Waals surface area contributed by atoms with Crippen LogP contribution < -0.4 is 14.8 Å². The van der Waals surface area contributed by atoms with Crippen molar-refractivity contribution in [2.24, 2.45) is 4.99 Å². The molecule has 0 saturated heterocycles. The number of nitro benzene ring substituents is 1. The highest BCUT2D eigenvalue weighted by atomic mass is 16.6. The summed E-state index contributed by atoms with van der Waals surface area (Å²) in [6.45, 7) is 2.06. The molecule has 0 fully saturated rings. The molecule has 0 unspecified atom stereocenters. The summed E-state index contributed by atoms with van der Waals surface area (Å²) in [5.41, 5.74) is 2.11. The topological polar surface area (TPSA) is 86.0 Å². The van der Waals surface area contributed by atoms with Gasteiger partial charge < -0.3 is 14.8 Å². The van der Waals surface area contributed by atoms with E-state index in [1.54, 1.807) is 13.0 Å². The van der Waals surface area contributed by atoms with E-state index in [4.69, 9.17) is 9.47 Å². The number of methoxy groups -OCH3 is 1. The molecule has 1 N–H and O–H groups in total. The smallest absolute Gasteiger partial charge is 0.315 e. The van der Waals surface area contributed by atoms with Gasteiger partial charge in [-0.2, -0.15) is 0 Å². The van der Waals surface area contributed by atoms with Crippen molar-refractivity contribution in [3.05, 3.63) is 64.2 Å². The van der Waals surface area contributed by atoms with Crippen molar-refractivity contribution in [3.8, 4) is 11.5 Å². The van der Waals surface area contributed by atoms with Crippen LogP contribution in [0.5, 0.6) is 11.5 Å². The Morgan fingerprint density at radius 3 is 2.67 bits per heavy atom. The monoisotopic (exact) mass is 363 g/mol. The average molecular weight is 363 g/mol. The van der Waals surface area contributed by atoms with Crippen molar-refractivity contribution in [1.29, 1.82) is 0 Å². The van der Waals surface area contributed by atoms with Crippen molar-refractivity contribution in [3.63, 3.8) is 0 Å². The summed E-state index contributed by atoms with van der Waals surface area (Å²) in [5.74, 6) is 0.931. The van der Waals surface area contributed by atoms with Crippen molar-refractivity contribution in [2.75, 3.05) is 19.0 Å². The number of nitro groups is 1. The molecule has 0 atom stereocenters. The molecule has 7 nitrogen and oxygen atoms in total. The maximum Gasteiger partial charge on any atom is 0.315 e. The quantitative estimate of drug-likeness (QED) is 0.526. The lowest BCUT2D eigenvalue weighted by molar-refractivity contribution is -0.385. The van der Waals surface area contributed by atoms with Gasteiger partial charge >= 0.3 is 5.69 Å². The van der Waals surface area contributed by atoms with Gasteiger partial charge in [0.15, 0.2) is 5.75 Å². The van der Waals surface area contributed by atoms with Gasteiger partial charge in [0.25, 0.3) is 0 Å². The number of aliphatic imine (C=N–C) groups is 1. The summed E-state index contributed by atoms with van der Waals surface area (Å²) in [7, 11) is 1.46. The third-order valence-electron chi connectivity index (χ3n) is 4.38. The normalized spacial score (nSPS) is 12.3. The first-order chi connectivity index (χ1) is 13.1. The first-order valence-electron chi connectivity index (χ1n) is 8.49. The molecule has 0 radical (unpaired) electrons. The maximum atomic E-state index is 11.6. The van der Waals surface area contributed by atoms with Crippen LogP contribution in [-0.4, -0.2) is 24.5 Å². The molecule has 1 aliphatic heterocycles. The molecule has 3 aromatic carbocycles. The molecular formula is C20H17N3O4. The third-order valence-corrected chi connectivity index (χ3v) is 4.38. The van der Waals surface area contributed by atoms with Gasteiger partial charge in [0.1, 0.15) is 5.84 Å². The Morgan fingerprint density at radius 2 is 1.96 bits per heavy atom. The summed E-state index contributed by atoms with van der Waals surface area (Å²) in [6.07, 6.45) is 0. The fraction of sp³-hybridized carbons (Fsp3) is 0.150. The Bertz CT molecular complexity index is 1090. The molecule has 1 aliphatic rings. The van der Waals surface area contributed by atoms with Gasteiger partial charge in [-0.05, 0) is 30.5 Å². The lowest BCUT2D eigenvalue weighted by atomic mass is 10.0. The van der Waals surface area contributed by atoms with E-state index in [0.717, 1.165) is 22.1 Å². The minimum Gasteiger partial charge on any atom is -0.493 e. The fourth-order valence-electron chi connectivity index (χ4n) is 3.23. The number of amidine groups is 1. The predicted molar refractivity (Wildman–Crippen MR) is 105 cm³/mol. The lowest BCUT2D eigenvalue weighted by Crippen LogP contribution is -2.17. The zero-order valence-electron chi connectivity index (χ0n) is 14.9. The van der Waals surface area contributed by atoms with Gasteiger partial charge in [-0.1, -0.05) is 24.3 Å². The van der Waals surface area contributed by atoms with Crippen LogP contribution >= 0.6 is 0 Å². The zero-order valence-corrected chi connectivity index (χ0v) is 14.9. The highest BCUT2D eigenvalue weighted by Crippen LogP contribution is 2.41. The van der Waals surface area contributed by atoms with Gasteiger partial charge in [-0.15, -0.1) is 0 Å². The molecule has 0 aromatic heterocycles. The van der Waals surface area contributed by atoms with Crippen LogP contribution in [0.2, 0.25) is 0 Å². The van der Waals surface area contributed by atoms with E-state index in [9.17, 15) is 10.1 Å². The van der Waals surface area contributed by atoms with Gasteiger partial charge in [-0.25, -0.2) is 4.99 Å². The van der Waals surface area contributed by atoms with Crippen LogP contribution in [0.25, 0.3) is 10.8 Å². The molecule has 7 heteroatoms. The number of rotatable bonds is 5. The van der Waals surface area contributed by atoms with Crippen molar-refractivity contribution in [2.45, 2.75) is 6.92 Å². The summed E-state index contributed by atoms with van der Waals surface area (Å²) in [5, 5.41) is 16.9. The molecule has 27 heavy (non-hydrogen) atoms. The number of anilines is 1. The van der Waals surface area contributed by atoms with Crippen LogP contribution in [0.3, 0.4) is 0 Å². The first-order valence-corrected chi connectivity index (χ1v) is 8.49. The number of nitrogens with zero attached hydrogens (tertiary/aromatic N) is 2. The Balaban J connectivity index is 1.89. The fourth-order valence-corrected chi connectivity index (χ4v) is 3.23. The lowest BCUT2D eigenvalue weighted by Gasteiger charge is -2.20. The third kappa shape index (κ3) is 2.83. The summed E-state index contributed by atoms with van der Waals surface area (Å²) >= 11 is 0. The minimum absolute atomic E-state index is 0.118. The second-order valence-electron chi connectivity index (χ2n) is 5.98. The van der Waals surface area contributed by atoms with E-state index in [1.165, 1.54) is 13.2 Å². The number of hydrogen-bond acceptors (Lipinski definition) is 6. The Hall–Kier alpha value is -3.61. The highest BCUT2D eigenvalue weighted by molar-refractivity contribution is 6.19. The molecule has 136 valence electrons. The summed E-state index contributed by atoms with van der Waals surface area (Å²) < 4.78 is 10.8. The van der Waals surface area contributed by atoms with E-state index in [1.807, 2.05) is 36.4 Å². The second-order valence-corrected chi connectivity index (χ2v) is 5.98. The minimum atomic E-state index is -0.477. The summed E-state index contributed by atoms with van der Waals surface area (Å²) in [6, 6.07) is 15.0. The molecule has 0 saturated carbocycles. The molecule has 0 amide bonds. The molecule has 0 bridgehead atoms. The van der Waals surface area contributed by atoms with E-state index in [-0.39, 0.29) is 11.4 Å². The molecule has 0 aliphatic carbocycles. The van der Waals surface area contributed by atoms with E-state index >= 15 is 0 Å². The van der Waals surface area contributed by atoms with Crippen LogP contribution in [0.1, 0.15) is 12.5 Å². The molecular weight excluding hydrogens is 346 g/mol.